The Balaban J connectivity index is 2.70. The van der Waals surface area contributed by atoms with Crippen LogP contribution in [0, 0.1) is 29.6 Å². The van der Waals surface area contributed by atoms with Crippen LogP contribution in [0.3, 0.4) is 0 Å². The molecule has 0 saturated carbocycles. The lowest BCUT2D eigenvalue weighted by Crippen LogP contribution is -2.36. The molecule has 0 aromatic heterocycles. The SMILES string of the molecule is C#CCOCC(=O)N(Cc1ccc(C#N)cc1)CC(C)C. The van der Waals surface area contributed by atoms with Crippen LogP contribution in [0.15, 0.2) is 24.3 Å². The van der Waals surface area contributed by atoms with Crippen molar-refractivity contribution in [3.05, 3.63) is 35.4 Å². The smallest absolute Gasteiger partial charge is 0.248 e. The molecule has 0 radical (unpaired) electrons. The number of hydrogen-bond acceptors (Lipinski definition) is 3. The van der Waals surface area contributed by atoms with Gasteiger partial charge in [0.15, 0.2) is 0 Å². The maximum Gasteiger partial charge on any atom is 0.248 e. The van der Waals surface area contributed by atoms with Crippen LogP contribution in [0.5, 0.6) is 0 Å². The Morgan fingerprint density at radius 1 is 1.38 bits per heavy atom. The van der Waals surface area contributed by atoms with Gasteiger partial charge in [-0.3, -0.25) is 4.79 Å². The predicted octanol–water partition coefficient (Wildman–Crippen LogP) is 2.19. The zero-order valence-corrected chi connectivity index (χ0v) is 12.5. The zero-order valence-electron chi connectivity index (χ0n) is 12.5. The fourth-order valence-electron chi connectivity index (χ4n) is 1.89. The van der Waals surface area contributed by atoms with Crippen LogP contribution in [-0.2, 0) is 16.1 Å². The Hall–Kier alpha value is -2.30. The number of rotatable bonds is 7. The lowest BCUT2D eigenvalue weighted by atomic mass is 10.1. The maximum atomic E-state index is 12.2. The topological polar surface area (TPSA) is 53.3 Å². The fourth-order valence-corrected chi connectivity index (χ4v) is 1.89. The summed E-state index contributed by atoms with van der Waals surface area (Å²) in [6.45, 7) is 5.40. The predicted molar refractivity (Wildman–Crippen MR) is 81.1 cm³/mol. The first-order chi connectivity index (χ1) is 10.1. The second-order valence-electron chi connectivity index (χ2n) is 5.17. The van der Waals surface area contributed by atoms with E-state index in [9.17, 15) is 4.79 Å². The van der Waals surface area contributed by atoms with Gasteiger partial charge in [0.2, 0.25) is 5.91 Å². The van der Waals surface area contributed by atoms with Crippen molar-refractivity contribution in [1.29, 1.82) is 5.26 Å². The van der Waals surface area contributed by atoms with Gasteiger partial charge < -0.3 is 9.64 Å². The van der Waals surface area contributed by atoms with Crippen molar-refractivity contribution in [2.75, 3.05) is 19.8 Å². The lowest BCUT2D eigenvalue weighted by molar-refractivity contribution is -0.136. The number of ether oxygens (including phenoxy) is 1. The van der Waals surface area contributed by atoms with Crippen molar-refractivity contribution in [1.82, 2.24) is 4.90 Å². The normalized spacial score (nSPS) is 9.95. The Kier molecular flexibility index (Phi) is 7.01. The number of carbonyl (C=O) groups excluding carboxylic acids is 1. The quantitative estimate of drug-likeness (QED) is 0.569. The second-order valence-corrected chi connectivity index (χ2v) is 5.17. The molecule has 0 unspecified atom stereocenters. The summed E-state index contributed by atoms with van der Waals surface area (Å²) in [5.74, 6) is 2.62. The molecule has 4 heteroatoms. The third-order valence-corrected chi connectivity index (χ3v) is 2.81. The second kappa shape index (κ2) is 8.79. The summed E-state index contributed by atoms with van der Waals surface area (Å²) >= 11 is 0. The third-order valence-electron chi connectivity index (χ3n) is 2.81. The van der Waals surface area contributed by atoms with Gasteiger partial charge in [0, 0.05) is 13.1 Å². The summed E-state index contributed by atoms with van der Waals surface area (Å²) in [6, 6.07) is 9.31. The monoisotopic (exact) mass is 284 g/mol. The van der Waals surface area contributed by atoms with Gasteiger partial charge in [0.05, 0.1) is 11.6 Å². The highest BCUT2D eigenvalue weighted by atomic mass is 16.5. The average molecular weight is 284 g/mol. The molecule has 0 fully saturated rings. The van der Waals surface area contributed by atoms with Crippen LogP contribution in [0.2, 0.25) is 0 Å². The molecule has 1 rings (SSSR count). The number of benzene rings is 1. The molecule has 0 aliphatic rings. The molecule has 4 nitrogen and oxygen atoms in total. The highest BCUT2D eigenvalue weighted by Gasteiger charge is 2.15. The van der Waals surface area contributed by atoms with Gasteiger partial charge >= 0.3 is 0 Å². The molecule has 0 saturated heterocycles. The summed E-state index contributed by atoms with van der Waals surface area (Å²) in [4.78, 5) is 13.9. The maximum absolute atomic E-state index is 12.2. The van der Waals surface area contributed by atoms with Crippen molar-refractivity contribution >= 4 is 5.91 Å². The van der Waals surface area contributed by atoms with Gasteiger partial charge in [0.25, 0.3) is 0 Å². The van der Waals surface area contributed by atoms with Gasteiger partial charge in [-0.05, 0) is 23.6 Å². The van der Waals surface area contributed by atoms with Crippen molar-refractivity contribution in [2.45, 2.75) is 20.4 Å². The largest absolute Gasteiger partial charge is 0.359 e. The Bertz CT molecular complexity index is 535. The molecule has 0 atom stereocenters. The van der Waals surface area contributed by atoms with E-state index in [0.717, 1.165) is 5.56 Å². The molecule has 1 amide bonds. The van der Waals surface area contributed by atoms with E-state index in [2.05, 4.69) is 25.8 Å². The Morgan fingerprint density at radius 3 is 2.57 bits per heavy atom. The highest BCUT2D eigenvalue weighted by molar-refractivity contribution is 5.77. The van der Waals surface area contributed by atoms with Crippen LogP contribution >= 0.6 is 0 Å². The van der Waals surface area contributed by atoms with Gasteiger partial charge in [-0.2, -0.15) is 5.26 Å². The minimum Gasteiger partial charge on any atom is -0.359 e. The van der Waals surface area contributed by atoms with E-state index in [1.165, 1.54) is 0 Å². The molecular weight excluding hydrogens is 264 g/mol. The van der Waals surface area contributed by atoms with Gasteiger partial charge in [-0.25, -0.2) is 0 Å². The first-order valence-electron chi connectivity index (χ1n) is 6.84. The van der Waals surface area contributed by atoms with Crippen LogP contribution < -0.4 is 0 Å². The van der Waals surface area contributed by atoms with Crippen LogP contribution in [0.25, 0.3) is 0 Å². The molecule has 0 spiro atoms. The Labute approximate surface area is 126 Å². The van der Waals surface area contributed by atoms with Gasteiger partial charge in [-0.15, -0.1) is 6.42 Å². The van der Waals surface area contributed by atoms with E-state index in [4.69, 9.17) is 16.4 Å². The van der Waals surface area contributed by atoms with E-state index >= 15 is 0 Å². The number of terminal acetylenes is 1. The molecule has 0 heterocycles. The zero-order chi connectivity index (χ0) is 15.7. The van der Waals surface area contributed by atoms with Crippen LogP contribution in [-0.4, -0.2) is 30.6 Å². The molecule has 0 aliphatic heterocycles. The van der Waals surface area contributed by atoms with E-state index < -0.39 is 0 Å². The molecule has 21 heavy (non-hydrogen) atoms. The average Bonchev–Trinajstić information content (AvgIpc) is 2.47. The number of hydrogen-bond donors (Lipinski definition) is 0. The number of nitrogens with zero attached hydrogens (tertiary/aromatic N) is 2. The summed E-state index contributed by atoms with van der Waals surface area (Å²) in [5.41, 5.74) is 1.60. The van der Waals surface area contributed by atoms with Crippen molar-refractivity contribution < 1.29 is 9.53 Å². The minimum absolute atomic E-state index is 0.00675. The van der Waals surface area contributed by atoms with Gasteiger partial charge in [-0.1, -0.05) is 31.9 Å². The lowest BCUT2D eigenvalue weighted by Gasteiger charge is -2.24. The fraction of sp³-hybridized carbons (Fsp3) is 0.412. The van der Waals surface area contributed by atoms with E-state index in [0.29, 0.717) is 24.6 Å². The molecule has 1 aromatic carbocycles. The van der Waals surface area contributed by atoms with E-state index in [-0.39, 0.29) is 19.1 Å². The molecule has 0 bridgehead atoms. The summed E-state index contributed by atoms with van der Waals surface area (Å²) in [7, 11) is 0. The Morgan fingerprint density at radius 2 is 2.05 bits per heavy atom. The van der Waals surface area contributed by atoms with E-state index in [1.54, 1.807) is 17.0 Å². The molecule has 110 valence electrons. The van der Waals surface area contributed by atoms with Crippen LogP contribution in [0.1, 0.15) is 25.0 Å². The number of carbonyl (C=O) groups is 1. The van der Waals surface area contributed by atoms with E-state index in [1.807, 2.05) is 12.1 Å². The summed E-state index contributed by atoms with van der Waals surface area (Å²) < 4.78 is 5.11. The third kappa shape index (κ3) is 6.12. The summed E-state index contributed by atoms with van der Waals surface area (Å²) in [6.07, 6.45) is 5.10. The number of amides is 1. The van der Waals surface area contributed by atoms with Crippen molar-refractivity contribution in [2.24, 2.45) is 5.92 Å². The minimum atomic E-state index is -0.0803. The first kappa shape index (κ1) is 16.8. The first-order valence-corrected chi connectivity index (χ1v) is 6.84. The molecule has 1 aromatic rings. The standard InChI is InChI=1S/C17H20N2O2/c1-4-9-21-13-17(20)19(11-14(2)3)12-16-7-5-15(10-18)6-8-16/h1,5-8,14H,9,11-13H2,2-3H3. The number of nitriles is 1. The van der Waals surface area contributed by atoms with Crippen molar-refractivity contribution in [3.8, 4) is 18.4 Å². The van der Waals surface area contributed by atoms with Crippen molar-refractivity contribution in [3.63, 3.8) is 0 Å². The van der Waals surface area contributed by atoms with Crippen LogP contribution in [0.4, 0.5) is 0 Å². The highest BCUT2D eigenvalue weighted by Crippen LogP contribution is 2.10. The molecule has 0 N–H and O–H groups in total. The van der Waals surface area contributed by atoms with Gasteiger partial charge in [0.1, 0.15) is 13.2 Å². The molecule has 0 aliphatic carbocycles. The molecular formula is C17H20N2O2. The summed E-state index contributed by atoms with van der Waals surface area (Å²) in [5, 5.41) is 8.79.